The van der Waals surface area contributed by atoms with Crippen LogP contribution < -0.4 is 11.1 Å². The van der Waals surface area contributed by atoms with Crippen LogP contribution in [0.3, 0.4) is 0 Å². The molecule has 3 aromatic heterocycles. The Balaban J connectivity index is 1.63. The Kier molecular flexibility index (Phi) is 3.56. The predicted octanol–water partition coefficient (Wildman–Crippen LogP) is 1.17. The molecule has 0 saturated heterocycles. The summed E-state index contributed by atoms with van der Waals surface area (Å²) >= 11 is 0. The molecule has 3 rings (SSSR count). The first-order chi connectivity index (χ1) is 9.84. The third-order valence-electron chi connectivity index (χ3n) is 2.97. The van der Waals surface area contributed by atoms with E-state index in [1.807, 2.05) is 18.2 Å². The van der Waals surface area contributed by atoms with E-state index in [2.05, 4.69) is 15.3 Å². The molecule has 6 nitrogen and oxygen atoms in total. The standard InChI is InChI=1S/C14H14N4O2/c19-14-18(13-12(20-14)5-3-7-17-13)9-8-15-10-11-4-1-2-6-16-11/h1-7,15H,8-10H2. The van der Waals surface area contributed by atoms with Gasteiger partial charge in [-0.1, -0.05) is 6.07 Å². The predicted molar refractivity (Wildman–Crippen MR) is 74.2 cm³/mol. The molecule has 0 radical (unpaired) electrons. The number of oxazole rings is 1. The molecular weight excluding hydrogens is 256 g/mol. The van der Waals surface area contributed by atoms with E-state index in [0.29, 0.717) is 30.9 Å². The summed E-state index contributed by atoms with van der Waals surface area (Å²) in [6, 6.07) is 9.26. The Labute approximate surface area is 115 Å². The summed E-state index contributed by atoms with van der Waals surface area (Å²) in [5.74, 6) is -0.377. The van der Waals surface area contributed by atoms with Crippen molar-refractivity contribution < 1.29 is 4.42 Å². The van der Waals surface area contributed by atoms with E-state index in [4.69, 9.17) is 4.42 Å². The van der Waals surface area contributed by atoms with E-state index in [1.54, 1.807) is 24.5 Å². The van der Waals surface area contributed by atoms with Crippen molar-refractivity contribution in [1.29, 1.82) is 0 Å². The van der Waals surface area contributed by atoms with E-state index >= 15 is 0 Å². The molecule has 0 fully saturated rings. The van der Waals surface area contributed by atoms with E-state index in [1.165, 1.54) is 4.57 Å². The molecule has 0 amide bonds. The molecule has 1 N–H and O–H groups in total. The number of hydrogen-bond acceptors (Lipinski definition) is 5. The lowest BCUT2D eigenvalue weighted by molar-refractivity contribution is 0.493. The number of nitrogens with zero attached hydrogens (tertiary/aromatic N) is 3. The number of hydrogen-bond donors (Lipinski definition) is 1. The molecule has 0 atom stereocenters. The number of aromatic nitrogens is 3. The van der Waals surface area contributed by atoms with Gasteiger partial charge in [0.1, 0.15) is 0 Å². The van der Waals surface area contributed by atoms with Crippen molar-refractivity contribution in [3.63, 3.8) is 0 Å². The summed E-state index contributed by atoms with van der Waals surface area (Å²) in [6.45, 7) is 1.82. The topological polar surface area (TPSA) is 73.0 Å². The van der Waals surface area contributed by atoms with Crippen molar-refractivity contribution in [3.05, 3.63) is 59.0 Å². The summed E-state index contributed by atoms with van der Waals surface area (Å²) < 4.78 is 6.65. The molecule has 0 spiro atoms. The average molecular weight is 270 g/mol. The normalized spacial score (nSPS) is 11.0. The molecule has 3 heterocycles. The van der Waals surface area contributed by atoms with Crippen LogP contribution >= 0.6 is 0 Å². The van der Waals surface area contributed by atoms with Crippen LogP contribution in [0.2, 0.25) is 0 Å². The molecule has 0 bridgehead atoms. The fourth-order valence-corrected chi connectivity index (χ4v) is 2.01. The third-order valence-corrected chi connectivity index (χ3v) is 2.97. The van der Waals surface area contributed by atoms with Gasteiger partial charge < -0.3 is 9.73 Å². The zero-order chi connectivity index (χ0) is 13.8. The first kappa shape index (κ1) is 12.6. The van der Waals surface area contributed by atoms with Gasteiger partial charge in [-0.3, -0.25) is 9.55 Å². The Morgan fingerprint density at radius 3 is 2.90 bits per heavy atom. The van der Waals surface area contributed by atoms with Gasteiger partial charge in [-0.15, -0.1) is 0 Å². The maximum atomic E-state index is 11.7. The Hall–Kier alpha value is -2.47. The highest BCUT2D eigenvalue weighted by atomic mass is 16.4. The van der Waals surface area contributed by atoms with Gasteiger partial charge in [0.25, 0.3) is 0 Å². The molecule has 0 aliphatic rings. The SMILES string of the molecule is O=c1oc2cccnc2n1CCNCc1ccccn1. The third kappa shape index (κ3) is 2.60. The second kappa shape index (κ2) is 5.66. The summed E-state index contributed by atoms with van der Waals surface area (Å²) in [7, 11) is 0. The zero-order valence-electron chi connectivity index (χ0n) is 10.8. The molecule has 20 heavy (non-hydrogen) atoms. The maximum absolute atomic E-state index is 11.7. The number of fused-ring (bicyclic) bond motifs is 1. The fourth-order valence-electron chi connectivity index (χ4n) is 2.01. The van der Waals surface area contributed by atoms with Crippen LogP contribution in [-0.2, 0) is 13.1 Å². The summed E-state index contributed by atoms with van der Waals surface area (Å²) in [4.78, 5) is 20.1. The molecule has 0 unspecified atom stereocenters. The summed E-state index contributed by atoms with van der Waals surface area (Å²) in [6.07, 6.45) is 3.41. The first-order valence-corrected chi connectivity index (χ1v) is 6.39. The molecule has 102 valence electrons. The van der Waals surface area contributed by atoms with Gasteiger partial charge in [-0.25, -0.2) is 9.78 Å². The Bertz CT molecular complexity index is 748. The second-order valence-corrected chi connectivity index (χ2v) is 4.34. The quantitative estimate of drug-likeness (QED) is 0.705. The highest BCUT2D eigenvalue weighted by molar-refractivity contribution is 5.67. The highest BCUT2D eigenvalue weighted by Crippen LogP contribution is 2.07. The molecular formula is C14H14N4O2. The van der Waals surface area contributed by atoms with Crippen molar-refractivity contribution in [2.75, 3.05) is 6.54 Å². The molecule has 3 aromatic rings. The number of pyridine rings is 2. The summed E-state index contributed by atoms with van der Waals surface area (Å²) in [5, 5.41) is 3.24. The highest BCUT2D eigenvalue weighted by Gasteiger charge is 2.08. The van der Waals surface area contributed by atoms with Gasteiger partial charge in [0.15, 0.2) is 11.2 Å². The van der Waals surface area contributed by atoms with Gasteiger partial charge in [0, 0.05) is 32.0 Å². The van der Waals surface area contributed by atoms with Gasteiger partial charge in [0.2, 0.25) is 0 Å². The minimum atomic E-state index is -0.377. The fraction of sp³-hybridized carbons (Fsp3) is 0.214. The van der Waals surface area contributed by atoms with Crippen molar-refractivity contribution in [2.24, 2.45) is 0 Å². The largest absolute Gasteiger partial charge is 0.421 e. The Morgan fingerprint density at radius 2 is 2.05 bits per heavy atom. The molecule has 0 saturated carbocycles. The Morgan fingerprint density at radius 1 is 1.15 bits per heavy atom. The van der Waals surface area contributed by atoms with Crippen molar-refractivity contribution in [3.8, 4) is 0 Å². The number of nitrogens with one attached hydrogen (secondary N) is 1. The van der Waals surface area contributed by atoms with Crippen LogP contribution in [0.5, 0.6) is 0 Å². The molecule has 0 aliphatic carbocycles. The first-order valence-electron chi connectivity index (χ1n) is 6.39. The lowest BCUT2D eigenvalue weighted by Crippen LogP contribution is -2.24. The van der Waals surface area contributed by atoms with Gasteiger partial charge in [-0.05, 0) is 24.3 Å². The van der Waals surface area contributed by atoms with Gasteiger partial charge >= 0.3 is 5.76 Å². The second-order valence-electron chi connectivity index (χ2n) is 4.34. The van der Waals surface area contributed by atoms with Crippen molar-refractivity contribution in [1.82, 2.24) is 19.9 Å². The van der Waals surface area contributed by atoms with E-state index < -0.39 is 0 Å². The van der Waals surface area contributed by atoms with E-state index in [9.17, 15) is 4.79 Å². The van der Waals surface area contributed by atoms with Crippen LogP contribution in [0.1, 0.15) is 5.69 Å². The summed E-state index contributed by atoms with van der Waals surface area (Å²) in [5.41, 5.74) is 2.06. The smallest absolute Gasteiger partial charge is 0.406 e. The molecule has 0 aliphatic heterocycles. The van der Waals surface area contributed by atoms with Gasteiger partial charge in [-0.2, -0.15) is 0 Å². The zero-order valence-corrected chi connectivity index (χ0v) is 10.8. The monoisotopic (exact) mass is 270 g/mol. The van der Waals surface area contributed by atoms with Crippen LogP contribution in [0.4, 0.5) is 0 Å². The lowest BCUT2D eigenvalue weighted by Gasteiger charge is -2.04. The minimum absolute atomic E-state index is 0.377. The molecule has 6 heteroatoms. The van der Waals surface area contributed by atoms with Crippen molar-refractivity contribution in [2.45, 2.75) is 13.1 Å². The average Bonchev–Trinajstić information content (AvgIpc) is 2.80. The number of rotatable bonds is 5. The lowest BCUT2D eigenvalue weighted by atomic mass is 10.3. The van der Waals surface area contributed by atoms with Crippen molar-refractivity contribution >= 4 is 11.2 Å². The van der Waals surface area contributed by atoms with Crippen LogP contribution in [0.15, 0.2) is 51.9 Å². The van der Waals surface area contributed by atoms with Crippen LogP contribution in [0, 0.1) is 0 Å². The minimum Gasteiger partial charge on any atom is -0.406 e. The van der Waals surface area contributed by atoms with Gasteiger partial charge in [0.05, 0.1) is 5.69 Å². The van der Waals surface area contributed by atoms with Crippen LogP contribution in [0.25, 0.3) is 11.2 Å². The van der Waals surface area contributed by atoms with Crippen LogP contribution in [-0.4, -0.2) is 21.1 Å². The van der Waals surface area contributed by atoms with E-state index in [0.717, 1.165) is 5.69 Å². The molecule has 0 aromatic carbocycles. The van der Waals surface area contributed by atoms with E-state index in [-0.39, 0.29) is 5.76 Å². The maximum Gasteiger partial charge on any atom is 0.421 e.